The summed E-state index contributed by atoms with van der Waals surface area (Å²) in [6.07, 6.45) is 1.68. The van der Waals surface area contributed by atoms with Crippen molar-refractivity contribution in [3.8, 4) is 0 Å². The van der Waals surface area contributed by atoms with Gasteiger partial charge in [0.1, 0.15) is 0 Å². The Hall–Kier alpha value is -2.78. The van der Waals surface area contributed by atoms with Gasteiger partial charge < -0.3 is 4.90 Å². The van der Waals surface area contributed by atoms with Crippen LogP contribution in [0, 0.1) is 0 Å². The summed E-state index contributed by atoms with van der Waals surface area (Å²) in [5.74, 6) is 0.729. The molecule has 0 spiro atoms. The number of alkyl halides is 1. The second kappa shape index (κ2) is 8.16. The number of amides is 2. The minimum Gasteiger partial charge on any atom is -0.316 e. The van der Waals surface area contributed by atoms with Crippen LogP contribution in [0.3, 0.4) is 0 Å². The smallest absolute Gasteiger partial charge is 0.316 e. The number of rotatable bonds is 4. The van der Waals surface area contributed by atoms with Gasteiger partial charge in [-0.25, -0.2) is 4.79 Å². The standard InChI is InChI=1S/C26H25ClN2O/c27-16-15-21-17-25-23-14-8-7-13-22(23)24(19-9-3-1-4-10-19)18-28(25)26(30)29(21)20-11-5-2-6-12-20/h1-14,21,24-25H,15-18H2. The van der Waals surface area contributed by atoms with Crippen LogP contribution in [0.2, 0.25) is 0 Å². The van der Waals surface area contributed by atoms with E-state index in [9.17, 15) is 4.79 Å². The number of hydrogen-bond donors (Lipinski definition) is 0. The van der Waals surface area contributed by atoms with E-state index >= 15 is 0 Å². The third-order valence-corrected chi connectivity index (χ3v) is 6.70. The van der Waals surface area contributed by atoms with Gasteiger partial charge >= 0.3 is 6.03 Å². The van der Waals surface area contributed by atoms with Crippen LogP contribution in [0.25, 0.3) is 0 Å². The first-order valence-corrected chi connectivity index (χ1v) is 11.2. The molecule has 2 amide bonds. The topological polar surface area (TPSA) is 23.6 Å². The quantitative estimate of drug-likeness (QED) is 0.464. The molecular weight excluding hydrogens is 392 g/mol. The number of nitrogens with zero attached hydrogens (tertiary/aromatic N) is 2. The zero-order valence-corrected chi connectivity index (χ0v) is 17.6. The molecule has 4 heteroatoms. The van der Waals surface area contributed by atoms with Crippen molar-refractivity contribution < 1.29 is 4.79 Å². The summed E-state index contributed by atoms with van der Waals surface area (Å²) in [5, 5.41) is 0. The number of hydrogen-bond acceptors (Lipinski definition) is 1. The number of carbonyl (C=O) groups is 1. The van der Waals surface area contributed by atoms with E-state index in [0.717, 1.165) is 18.5 Å². The van der Waals surface area contributed by atoms with Gasteiger partial charge in [-0.05, 0) is 41.7 Å². The first kappa shape index (κ1) is 19.2. The fourth-order valence-electron chi connectivity index (χ4n) is 5.10. The minimum atomic E-state index is 0.0861. The lowest BCUT2D eigenvalue weighted by atomic mass is 9.78. The molecule has 3 nitrogen and oxygen atoms in total. The van der Waals surface area contributed by atoms with Crippen molar-refractivity contribution in [2.24, 2.45) is 0 Å². The predicted octanol–water partition coefficient (Wildman–Crippen LogP) is 6.20. The van der Waals surface area contributed by atoms with E-state index in [2.05, 4.69) is 53.4 Å². The lowest BCUT2D eigenvalue weighted by Gasteiger charge is -2.50. The third kappa shape index (κ3) is 3.27. The first-order valence-electron chi connectivity index (χ1n) is 10.6. The number of urea groups is 1. The highest BCUT2D eigenvalue weighted by molar-refractivity contribution is 6.17. The summed E-state index contributed by atoms with van der Waals surface area (Å²) in [7, 11) is 0. The molecule has 3 unspecified atom stereocenters. The molecule has 5 rings (SSSR count). The van der Waals surface area contributed by atoms with Crippen LogP contribution in [-0.4, -0.2) is 29.4 Å². The SMILES string of the molecule is O=C1N2CC(c3ccccc3)c3ccccc3C2CC(CCCl)N1c1ccccc1. The van der Waals surface area contributed by atoms with Gasteiger partial charge in [0, 0.05) is 30.1 Å². The maximum Gasteiger partial charge on any atom is 0.325 e. The molecule has 152 valence electrons. The van der Waals surface area contributed by atoms with E-state index in [-0.39, 0.29) is 24.0 Å². The summed E-state index contributed by atoms with van der Waals surface area (Å²) in [6, 6.07) is 29.5. The summed E-state index contributed by atoms with van der Waals surface area (Å²) in [5.41, 5.74) is 4.82. The maximum absolute atomic E-state index is 13.8. The van der Waals surface area contributed by atoms with Gasteiger partial charge in [-0.2, -0.15) is 0 Å². The van der Waals surface area contributed by atoms with Gasteiger partial charge in [0.05, 0.1) is 6.04 Å². The van der Waals surface area contributed by atoms with Crippen LogP contribution in [0.15, 0.2) is 84.9 Å². The Kier molecular flexibility index (Phi) is 5.22. The molecule has 2 aliphatic heterocycles. The van der Waals surface area contributed by atoms with E-state index in [1.54, 1.807) is 0 Å². The number of para-hydroxylation sites is 1. The lowest BCUT2D eigenvalue weighted by Crippen LogP contribution is -2.58. The van der Waals surface area contributed by atoms with Gasteiger partial charge in [0.2, 0.25) is 0 Å². The first-order chi connectivity index (χ1) is 14.8. The van der Waals surface area contributed by atoms with Crippen LogP contribution in [0.4, 0.5) is 10.5 Å². The molecule has 3 atom stereocenters. The number of carbonyl (C=O) groups excluding carboxylic acids is 1. The van der Waals surface area contributed by atoms with Crippen molar-refractivity contribution >= 4 is 23.3 Å². The van der Waals surface area contributed by atoms with Gasteiger partial charge in [0.15, 0.2) is 0 Å². The van der Waals surface area contributed by atoms with Gasteiger partial charge in [-0.3, -0.25) is 4.90 Å². The van der Waals surface area contributed by atoms with Gasteiger partial charge in [-0.15, -0.1) is 11.6 Å². The van der Waals surface area contributed by atoms with E-state index in [1.807, 2.05) is 41.3 Å². The van der Waals surface area contributed by atoms with Crippen LogP contribution < -0.4 is 4.90 Å². The van der Waals surface area contributed by atoms with E-state index in [4.69, 9.17) is 11.6 Å². The largest absolute Gasteiger partial charge is 0.325 e. The molecule has 3 aromatic carbocycles. The minimum absolute atomic E-state index is 0.0861. The summed E-state index contributed by atoms with van der Waals surface area (Å²) >= 11 is 6.16. The fraction of sp³-hybridized carbons (Fsp3) is 0.269. The Morgan fingerprint density at radius 3 is 2.17 bits per heavy atom. The van der Waals surface area contributed by atoms with Crippen LogP contribution >= 0.6 is 11.6 Å². The molecule has 1 fully saturated rings. The monoisotopic (exact) mass is 416 g/mol. The Balaban J connectivity index is 1.59. The number of halogens is 1. The molecule has 0 aromatic heterocycles. The van der Waals surface area contributed by atoms with Crippen molar-refractivity contribution in [1.82, 2.24) is 4.90 Å². The van der Waals surface area contributed by atoms with Crippen LogP contribution in [0.5, 0.6) is 0 Å². The second-order valence-corrected chi connectivity index (χ2v) is 8.49. The Bertz CT molecular complexity index is 1020. The summed E-state index contributed by atoms with van der Waals surface area (Å²) in [4.78, 5) is 17.9. The zero-order valence-electron chi connectivity index (χ0n) is 16.8. The Morgan fingerprint density at radius 2 is 1.47 bits per heavy atom. The molecule has 2 heterocycles. The lowest BCUT2D eigenvalue weighted by molar-refractivity contribution is 0.140. The molecule has 0 N–H and O–H groups in total. The van der Waals surface area contributed by atoms with Gasteiger partial charge in [0.25, 0.3) is 0 Å². The fourth-order valence-corrected chi connectivity index (χ4v) is 5.35. The second-order valence-electron chi connectivity index (χ2n) is 8.12. The molecule has 0 aliphatic carbocycles. The number of benzene rings is 3. The highest BCUT2D eigenvalue weighted by Crippen LogP contribution is 2.45. The average Bonchev–Trinajstić information content (AvgIpc) is 2.80. The van der Waals surface area contributed by atoms with Crippen molar-refractivity contribution in [2.75, 3.05) is 17.3 Å². The van der Waals surface area contributed by atoms with Gasteiger partial charge in [-0.1, -0.05) is 72.8 Å². The average molecular weight is 417 g/mol. The molecule has 0 bridgehead atoms. The van der Waals surface area contributed by atoms with E-state index in [0.29, 0.717) is 12.4 Å². The predicted molar refractivity (Wildman–Crippen MR) is 122 cm³/mol. The maximum atomic E-state index is 13.8. The zero-order chi connectivity index (χ0) is 20.5. The Morgan fingerprint density at radius 1 is 0.833 bits per heavy atom. The van der Waals surface area contributed by atoms with Crippen LogP contribution in [-0.2, 0) is 0 Å². The van der Waals surface area contributed by atoms with E-state index in [1.165, 1.54) is 16.7 Å². The number of fused-ring (bicyclic) bond motifs is 3. The number of anilines is 1. The van der Waals surface area contributed by atoms with Crippen molar-refractivity contribution in [3.05, 3.63) is 102 Å². The highest BCUT2D eigenvalue weighted by atomic mass is 35.5. The molecule has 30 heavy (non-hydrogen) atoms. The molecule has 3 aromatic rings. The molecular formula is C26H25ClN2O. The van der Waals surface area contributed by atoms with Crippen LogP contribution in [0.1, 0.15) is 41.5 Å². The van der Waals surface area contributed by atoms with Crippen molar-refractivity contribution in [3.63, 3.8) is 0 Å². The summed E-state index contributed by atoms with van der Waals surface area (Å²) in [6.45, 7) is 0.696. The molecule has 0 saturated carbocycles. The Labute approximate surface area is 182 Å². The molecule has 2 aliphatic rings. The van der Waals surface area contributed by atoms with Crippen molar-refractivity contribution in [2.45, 2.75) is 30.8 Å². The normalized spacial score (nSPS) is 23.1. The van der Waals surface area contributed by atoms with E-state index < -0.39 is 0 Å². The molecule has 1 saturated heterocycles. The summed E-state index contributed by atoms with van der Waals surface area (Å²) < 4.78 is 0. The van der Waals surface area contributed by atoms with Crippen molar-refractivity contribution in [1.29, 1.82) is 0 Å². The molecule has 0 radical (unpaired) electrons. The third-order valence-electron chi connectivity index (χ3n) is 6.48. The highest BCUT2D eigenvalue weighted by Gasteiger charge is 2.45.